The Morgan fingerprint density at radius 3 is 2.22 bits per heavy atom. The molecule has 1 N–H and O–H groups in total. The van der Waals surface area contributed by atoms with E-state index < -0.39 is 0 Å². The first-order valence-corrected chi connectivity index (χ1v) is 13.7. The smallest absolute Gasteiger partial charge is 0.126 e. The molecule has 0 aromatic carbocycles. The van der Waals surface area contributed by atoms with Crippen LogP contribution in [0.5, 0.6) is 0 Å². The molecule has 0 bridgehead atoms. The second-order valence-corrected chi connectivity index (χ2v) is 14.4. The molecule has 0 aliphatic heterocycles. The van der Waals surface area contributed by atoms with Crippen molar-refractivity contribution >= 4 is 6.29 Å². The number of allylic oxidation sites excluding steroid dienone is 1. The SMILES string of the molecule is C=C(C)[C@@H]1CC[C@]2(C=O)CC[C@]3(C)[C@H](CC[C@@H]4[C@@]5(C)CC[C@H](O)C(C)(C)[C@@H]5CC[C@]43C)C12. The summed E-state index contributed by atoms with van der Waals surface area (Å²) in [6.45, 7) is 19.2. The maximum atomic E-state index is 12.6. The Hall–Kier alpha value is -0.630. The topological polar surface area (TPSA) is 37.3 Å². The summed E-state index contributed by atoms with van der Waals surface area (Å²) in [7, 11) is 0. The van der Waals surface area contributed by atoms with Crippen LogP contribution in [0, 0.1) is 56.7 Å². The van der Waals surface area contributed by atoms with Crippen molar-refractivity contribution in [2.24, 2.45) is 56.7 Å². The Morgan fingerprint density at radius 1 is 0.844 bits per heavy atom. The van der Waals surface area contributed by atoms with Gasteiger partial charge < -0.3 is 9.90 Å². The molecule has 0 aromatic rings. The lowest BCUT2D eigenvalue weighted by atomic mass is 9.32. The van der Waals surface area contributed by atoms with Gasteiger partial charge in [0.1, 0.15) is 6.29 Å². The molecule has 32 heavy (non-hydrogen) atoms. The summed E-state index contributed by atoms with van der Waals surface area (Å²) in [4.78, 5) is 12.6. The van der Waals surface area contributed by atoms with Crippen LogP contribution in [0.3, 0.4) is 0 Å². The van der Waals surface area contributed by atoms with E-state index in [2.05, 4.69) is 48.1 Å². The monoisotopic (exact) mass is 440 g/mol. The molecule has 0 spiro atoms. The molecule has 180 valence electrons. The summed E-state index contributed by atoms with van der Waals surface area (Å²) in [5.74, 6) is 3.03. The van der Waals surface area contributed by atoms with E-state index in [0.29, 0.717) is 39.9 Å². The summed E-state index contributed by atoms with van der Waals surface area (Å²) in [5.41, 5.74) is 2.20. The highest BCUT2D eigenvalue weighted by Gasteiger charge is 2.70. The average Bonchev–Trinajstić information content (AvgIpc) is 3.12. The van der Waals surface area contributed by atoms with Crippen LogP contribution in [0.4, 0.5) is 0 Å². The highest BCUT2D eigenvalue weighted by molar-refractivity contribution is 5.62. The van der Waals surface area contributed by atoms with Crippen LogP contribution in [0.1, 0.15) is 106 Å². The van der Waals surface area contributed by atoms with Crippen LogP contribution < -0.4 is 0 Å². The highest BCUT2D eigenvalue weighted by atomic mass is 16.3. The van der Waals surface area contributed by atoms with Crippen LogP contribution in [0.15, 0.2) is 12.2 Å². The van der Waals surface area contributed by atoms with Crippen molar-refractivity contribution in [2.75, 3.05) is 0 Å². The van der Waals surface area contributed by atoms with E-state index in [1.807, 2.05) is 0 Å². The molecule has 5 saturated carbocycles. The van der Waals surface area contributed by atoms with Crippen LogP contribution in [0.25, 0.3) is 0 Å². The van der Waals surface area contributed by atoms with Gasteiger partial charge in [0.25, 0.3) is 0 Å². The largest absolute Gasteiger partial charge is 0.393 e. The van der Waals surface area contributed by atoms with Crippen molar-refractivity contribution in [2.45, 2.75) is 112 Å². The second-order valence-electron chi connectivity index (χ2n) is 14.4. The van der Waals surface area contributed by atoms with Crippen LogP contribution in [0.2, 0.25) is 0 Å². The molecule has 5 aliphatic rings. The van der Waals surface area contributed by atoms with Crippen molar-refractivity contribution in [1.29, 1.82) is 0 Å². The molecule has 5 rings (SSSR count). The minimum Gasteiger partial charge on any atom is -0.393 e. The fraction of sp³-hybridized carbons (Fsp3) is 0.900. The van der Waals surface area contributed by atoms with E-state index in [9.17, 15) is 9.90 Å². The van der Waals surface area contributed by atoms with E-state index in [0.717, 1.165) is 31.6 Å². The number of fused-ring (bicyclic) bond motifs is 7. The Kier molecular flexibility index (Phi) is 5.03. The highest BCUT2D eigenvalue weighted by Crippen LogP contribution is 2.77. The minimum absolute atomic E-state index is 0.0157. The number of hydrogen-bond donors (Lipinski definition) is 1. The van der Waals surface area contributed by atoms with E-state index >= 15 is 0 Å². The number of rotatable bonds is 2. The first-order chi connectivity index (χ1) is 14.9. The molecular formula is C30H48O2. The first kappa shape index (κ1) is 23.1. The standard InChI is InChI=1S/C30H48O2/c1-19(2)20-10-15-30(18-31)17-16-28(6)21(25(20)30)8-9-23-27(5)13-12-24(32)26(3,4)22(27)11-14-29(23,28)7/h18,20-25,32H,1,8-17H2,2-7H3/t20-,21+,22-,23+,24-,25?,27-,28+,29+,30+/m0/s1. The molecule has 10 atom stereocenters. The summed E-state index contributed by atoms with van der Waals surface area (Å²) in [6, 6.07) is 0. The van der Waals surface area contributed by atoms with Crippen molar-refractivity contribution in [3.05, 3.63) is 12.2 Å². The molecule has 1 unspecified atom stereocenters. The summed E-state index contributed by atoms with van der Waals surface area (Å²) in [5, 5.41) is 10.9. The first-order valence-electron chi connectivity index (χ1n) is 13.7. The van der Waals surface area contributed by atoms with Gasteiger partial charge in [0.15, 0.2) is 0 Å². The van der Waals surface area contributed by atoms with Crippen molar-refractivity contribution in [3.63, 3.8) is 0 Å². The van der Waals surface area contributed by atoms with Gasteiger partial charge in [-0.3, -0.25) is 0 Å². The maximum Gasteiger partial charge on any atom is 0.126 e. The number of carbonyl (C=O) groups excluding carboxylic acids is 1. The van der Waals surface area contributed by atoms with Gasteiger partial charge in [0.2, 0.25) is 0 Å². The number of aliphatic hydroxyl groups excluding tert-OH is 1. The van der Waals surface area contributed by atoms with Gasteiger partial charge in [0, 0.05) is 5.41 Å². The van der Waals surface area contributed by atoms with Crippen LogP contribution in [-0.2, 0) is 4.79 Å². The summed E-state index contributed by atoms with van der Waals surface area (Å²) >= 11 is 0. The molecule has 0 heterocycles. The predicted octanol–water partition coefficient (Wildman–Crippen LogP) is 7.20. The van der Waals surface area contributed by atoms with Gasteiger partial charge in [0.05, 0.1) is 6.10 Å². The molecule has 2 nitrogen and oxygen atoms in total. The third kappa shape index (κ3) is 2.60. The average molecular weight is 441 g/mol. The molecule has 0 amide bonds. The van der Waals surface area contributed by atoms with Gasteiger partial charge in [-0.2, -0.15) is 0 Å². The zero-order valence-electron chi connectivity index (χ0n) is 21.7. The Balaban J connectivity index is 1.56. The van der Waals surface area contributed by atoms with Crippen molar-refractivity contribution in [3.8, 4) is 0 Å². The van der Waals surface area contributed by atoms with Gasteiger partial charge >= 0.3 is 0 Å². The Bertz CT molecular complexity index is 814. The molecule has 5 aliphatic carbocycles. The summed E-state index contributed by atoms with van der Waals surface area (Å²) < 4.78 is 0. The van der Waals surface area contributed by atoms with E-state index in [4.69, 9.17) is 0 Å². The van der Waals surface area contributed by atoms with E-state index in [1.165, 1.54) is 50.4 Å². The van der Waals surface area contributed by atoms with Gasteiger partial charge in [-0.25, -0.2) is 0 Å². The zero-order valence-corrected chi connectivity index (χ0v) is 21.7. The molecule has 0 radical (unpaired) electrons. The summed E-state index contributed by atoms with van der Waals surface area (Å²) in [6.07, 6.45) is 13.1. The fourth-order valence-electron chi connectivity index (χ4n) is 11.4. The number of hydrogen-bond acceptors (Lipinski definition) is 2. The normalized spacial score (nSPS) is 56.3. The van der Waals surface area contributed by atoms with Crippen molar-refractivity contribution < 1.29 is 9.90 Å². The number of aldehydes is 1. The second kappa shape index (κ2) is 6.96. The molecule has 5 fully saturated rings. The predicted molar refractivity (Wildman–Crippen MR) is 131 cm³/mol. The number of carbonyl (C=O) groups is 1. The Labute approximate surface area is 197 Å². The van der Waals surface area contributed by atoms with Crippen LogP contribution >= 0.6 is 0 Å². The minimum atomic E-state index is -0.158. The Morgan fingerprint density at radius 2 is 1.56 bits per heavy atom. The van der Waals surface area contributed by atoms with E-state index in [-0.39, 0.29) is 16.9 Å². The van der Waals surface area contributed by atoms with Crippen molar-refractivity contribution in [1.82, 2.24) is 0 Å². The van der Waals surface area contributed by atoms with Gasteiger partial charge in [-0.15, -0.1) is 0 Å². The van der Waals surface area contributed by atoms with Gasteiger partial charge in [-0.05, 0) is 122 Å². The lowest BCUT2D eigenvalue weighted by Gasteiger charge is -2.72. The molecular weight excluding hydrogens is 392 g/mol. The molecule has 2 heteroatoms. The third-order valence-corrected chi connectivity index (χ3v) is 13.3. The van der Waals surface area contributed by atoms with Gasteiger partial charge in [-0.1, -0.05) is 46.8 Å². The molecule has 0 saturated heterocycles. The van der Waals surface area contributed by atoms with E-state index in [1.54, 1.807) is 0 Å². The lowest BCUT2D eigenvalue weighted by Crippen LogP contribution is -2.66. The van der Waals surface area contributed by atoms with Crippen LogP contribution in [-0.4, -0.2) is 17.5 Å². The quantitative estimate of drug-likeness (QED) is 0.364. The zero-order chi connectivity index (χ0) is 23.3. The maximum absolute atomic E-state index is 12.6. The molecule has 0 aromatic heterocycles. The lowest BCUT2D eigenvalue weighted by molar-refractivity contribution is -0.245. The fourth-order valence-corrected chi connectivity index (χ4v) is 11.4. The third-order valence-electron chi connectivity index (χ3n) is 13.3. The number of aliphatic hydroxyl groups is 1.